The van der Waals surface area contributed by atoms with Crippen LogP contribution in [0.3, 0.4) is 0 Å². The molecule has 2 aromatic carbocycles. The predicted molar refractivity (Wildman–Crippen MR) is 117 cm³/mol. The van der Waals surface area contributed by atoms with E-state index in [4.69, 9.17) is 14.6 Å². The Labute approximate surface area is 181 Å². The topological polar surface area (TPSA) is 54.3 Å². The molecule has 5 nitrogen and oxygen atoms in total. The summed E-state index contributed by atoms with van der Waals surface area (Å²) < 4.78 is 13.0. The number of aryl methyl sites for hydroxylation is 1. The molecular weight excluding hydrogens is 452 g/mol. The van der Waals surface area contributed by atoms with Crippen LogP contribution in [0.5, 0.6) is 17.2 Å². The number of phenols is 1. The van der Waals surface area contributed by atoms with E-state index >= 15 is 0 Å². The first-order valence-electron chi connectivity index (χ1n) is 9.28. The molecule has 0 radical (unpaired) electrons. The third kappa shape index (κ3) is 3.09. The summed E-state index contributed by atoms with van der Waals surface area (Å²) in [5.41, 5.74) is 3.76. The number of aromatic hydroxyl groups is 1. The number of rotatable bonds is 3. The average molecular weight is 471 g/mol. The van der Waals surface area contributed by atoms with Crippen LogP contribution in [0.4, 0.5) is 0 Å². The molecule has 29 heavy (non-hydrogen) atoms. The lowest BCUT2D eigenvalue weighted by atomic mass is 9.95. The number of hydrogen-bond donors (Lipinski definition) is 1. The molecule has 3 heterocycles. The number of phenolic OH excluding ortho intramolecular Hbond substituents is 1. The van der Waals surface area contributed by atoms with Gasteiger partial charge in [0, 0.05) is 27.4 Å². The second-order valence-electron chi connectivity index (χ2n) is 7.18. The van der Waals surface area contributed by atoms with Crippen LogP contribution in [0.1, 0.15) is 40.3 Å². The van der Waals surface area contributed by atoms with Gasteiger partial charge < -0.3 is 14.6 Å². The summed E-state index contributed by atoms with van der Waals surface area (Å²) in [5, 5.41) is 19.4. The number of fused-ring (bicyclic) bond motifs is 3. The summed E-state index contributed by atoms with van der Waals surface area (Å²) in [6.07, 6.45) is 0.327. The van der Waals surface area contributed by atoms with Crippen LogP contribution in [0.25, 0.3) is 0 Å². The first-order valence-corrected chi connectivity index (χ1v) is 11.0. The maximum absolute atomic E-state index is 10.4. The zero-order valence-electron chi connectivity index (χ0n) is 15.9. The van der Waals surface area contributed by atoms with Crippen LogP contribution < -0.4 is 9.47 Å². The summed E-state index contributed by atoms with van der Waals surface area (Å²) in [6, 6.07) is 13.6. The molecule has 3 aromatic rings. The van der Waals surface area contributed by atoms with Crippen LogP contribution in [-0.2, 0) is 0 Å². The second kappa shape index (κ2) is 7.07. The van der Waals surface area contributed by atoms with E-state index in [0.717, 1.165) is 43.3 Å². The smallest absolute Gasteiger partial charge is 0.223 e. The summed E-state index contributed by atoms with van der Waals surface area (Å²) in [7, 11) is 1.66. The molecular formula is C22H19BrN2O3S. The van der Waals surface area contributed by atoms with E-state index in [9.17, 15) is 5.11 Å². The van der Waals surface area contributed by atoms with Gasteiger partial charge >= 0.3 is 0 Å². The van der Waals surface area contributed by atoms with Crippen LogP contribution in [0.15, 0.2) is 57.4 Å². The van der Waals surface area contributed by atoms with Gasteiger partial charge in [-0.15, -0.1) is 11.3 Å². The molecule has 0 bridgehead atoms. The Balaban J connectivity index is 1.64. The van der Waals surface area contributed by atoms with Crippen molar-refractivity contribution in [1.82, 2.24) is 5.01 Å². The van der Waals surface area contributed by atoms with Crippen molar-refractivity contribution in [2.45, 2.75) is 25.6 Å². The van der Waals surface area contributed by atoms with Crippen LogP contribution >= 0.6 is 27.3 Å². The Bertz CT molecular complexity index is 1130. The minimum Gasteiger partial charge on any atom is -0.507 e. The number of nitrogens with zero attached hydrogens (tertiary/aromatic N) is 2. The van der Waals surface area contributed by atoms with Gasteiger partial charge in [-0.3, -0.25) is 0 Å². The van der Waals surface area contributed by atoms with Gasteiger partial charge in [-0.25, -0.2) is 5.01 Å². The van der Waals surface area contributed by atoms with Gasteiger partial charge in [0.25, 0.3) is 0 Å². The third-order valence-electron chi connectivity index (χ3n) is 5.29. The summed E-state index contributed by atoms with van der Waals surface area (Å²) in [5.74, 6) is 1.72. The lowest BCUT2D eigenvalue weighted by Gasteiger charge is -2.38. The lowest BCUT2D eigenvalue weighted by Crippen LogP contribution is -2.33. The Morgan fingerprint density at radius 3 is 2.90 bits per heavy atom. The number of thiophene rings is 1. The molecule has 0 saturated carbocycles. The predicted octanol–water partition coefficient (Wildman–Crippen LogP) is 5.78. The number of methoxy groups -OCH3 is 1. The molecule has 0 fully saturated rings. The average Bonchev–Trinajstić information content (AvgIpc) is 3.35. The van der Waals surface area contributed by atoms with Crippen molar-refractivity contribution in [3.8, 4) is 17.2 Å². The third-order valence-corrected chi connectivity index (χ3v) is 7.02. The molecule has 0 amide bonds. The Morgan fingerprint density at radius 2 is 2.14 bits per heavy atom. The number of hydrazone groups is 1. The maximum atomic E-state index is 10.4. The first kappa shape index (κ1) is 18.5. The fourth-order valence-corrected chi connectivity index (χ4v) is 5.40. The molecule has 1 aromatic heterocycles. The zero-order chi connectivity index (χ0) is 20.1. The number of benzene rings is 2. The van der Waals surface area contributed by atoms with Crippen LogP contribution in [0.2, 0.25) is 0 Å². The standard InChI is InChI=1S/C22H19BrN2O3S/c1-12-6-7-18(26)15(8-12)16-10-17-14-4-3-5-19(27-2)21(14)28-22(25(17)24-16)20-9-13(23)11-29-20/h3-9,11,17,22,26H,10H2,1-2H3/t17-,22+/m1/s1. The molecule has 2 aliphatic rings. The van der Waals surface area contributed by atoms with Gasteiger partial charge in [0.05, 0.1) is 23.7 Å². The highest BCUT2D eigenvalue weighted by molar-refractivity contribution is 9.10. The highest BCUT2D eigenvalue weighted by Gasteiger charge is 2.43. The van der Waals surface area contributed by atoms with E-state index in [1.54, 1.807) is 24.5 Å². The van der Waals surface area contributed by atoms with Crippen molar-refractivity contribution in [3.63, 3.8) is 0 Å². The van der Waals surface area contributed by atoms with Crippen molar-refractivity contribution in [2.75, 3.05) is 7.11 Å². The van der Waals surface area contributed by atoms with E-state index in [0.29, 0.717) is 6.42 Å². The first-order chi connectivity index (χ1) is 14.0. The minimum absolute atomic E-state index is 0.00892. The quantitative estimate of drug-likeness (QED) is 0.527. The van der Waals surface area contributed by atoms with Gasteiger partial charge in [0.2, 0.25) is 6.23 Å². The number of ether oxygens (including phenoxy) is 2. The largest absolute Gasteiger partial charge is 0.507 e. The summed E-state index contributed by atoms with van der Waals surface area (Å²) in [4.78, 5) is 1.05. The fourth-order valence-electron chi connectivity index (χ4n) is 3.93. The number of para-hydroxylation sites is 1. The molecule has 0 unspecified atom stereocenters. The van der Waals surface area contributed by atoms with Crippen molar-refractivity contribution in [3.05, 3.63) is 73.9 Å². The summed E-state index contributed by atoms with van der Waals surface area (Å²) >= 11 is 5.16. The van der Waals surface area contributed by atoms with E-state index < -0.39 is 0 Å². The minimum atomic E-state index is -0.357. The Kier molecular flexibility index (Phi) is 4.52. The molecule has 2 atom stereocenters. The molecule has 5 rings (SSSR count). The van der Waals surface area contributed by atoms with Gasteiger partial charge in [0.1, 0.15) is 5.75 Å². The van der Waals surface area contributed by atoms with Gasteiger partial charge in [-0.2, -0.15) is 5.10 Å². The van der Waals surface area contributed by atoms with Gasteiger partial charge in [-0.1, -0.05) is 23.8 Å². The number of halogens is 1. The van der Waals surface area contributed by atoms with Crippen molar-refractivity contribution >= 4 is 33.0 Å². The van der Waals surface area contributed by atoms with Crippen molar-refractivity contribution < 1.29 is 14.6 Å². The lowest BCUT2D eigenvalue weighted by molar-refractivity contribution is -0.0185. The highest BCUT2D eigenvalue weighted by atomic mass is 79.9. The zero-order valence-corrected chi connectivity index (χ0v) is 18.3. The van der Waals surface area contributed by atoms with Gasteiger partial charge in [-0.05, 0) is 47.1 Å². The van der Waals surface area contributed by atoms with Crippen LogP contribution in [0, 0.1) is 6.92 Å². The monoisotopic (exact) mass is 470 g/mol. The molecule has 1 N–H and O–H groups in total. The van der Waals surface area contributed by atoms with Gasteiger partial charge in [0.15, 0.2) is 11.5 Å². The highest BCUT2D eigenvalue weighted by Crippen LogP contribution is 2.51. The van der Waals surface area contributed by atoms with Crippen molar-refractivity contribution in [1.29, 1.82) is 0 Å². The van der Waals surface area contributed by atoms with Crippen molar-refractivity contribution in [2.24, 2.45) is 5.10 Å². The Morgan fingerprint density at radius 1 is 1.28 bits per heavy atom. The molecule has 2 aliphatic heterocycles. The van der Waals surface area contributed by atoms with E-state index in [1.807, 2.05) is 41.6 Å². The van der Waals surface area contributed by atoms with Crippen LogP contribution in [-0.4, -0.2) is 22.9 Å². The molecule has 148 valence electrons. The fraction of sp³-hybridized carbons (Fsp3) is 0.227. The van der Waals surface area contributed by atoms with E-state index in [1.165, 1.54) is 0 Å². The SMILES string of the molecule is COc1cccc2c1O[C@@H](c1cc(Br)cs1)N1N=C(c3cc(C)ccc3O)C[C@H]21. The van der Waals surface area contributed by atoms with E-state index in [2.05, 4.69) is 28.1 Å². The number of hydrogen-bond acceptors (Lipinski definition) is 6. The Hall–Kier alpha value is -2.51. The molecule has 7 heteroatoms. The molecule has 0 spiro atoms. The second-order valence-corrected chi connectivity index (χ2v) is 9.04. The van der Waals surface area contributed by atoms with E-state index in [-0.39, 0.29) is 18.0 Å². The summed E-state index contributed by atoms with van der Waals surface area (Å²) in [6.45, 7) is 2.01. The maximum Gasteiger partial charge on any atom is 0.223 e. The molecule has 0 saturated heterocycles. The normalized spacial score (nSPS) is 20.0. The molecule has 0 aliphatic carbocycles.